The minimum atomic E-state index is -4.92. The molecule has 1 saturated carbocycles. The van der Waals surface area contributed by atoms with Crippen LogP contribution in [0.1, 0.15) is 30.9 Å². The predicted octanol–water partition coefficient (Wildman–Crippen LogP) is 3.30. The summed E-state index contributed by atoms with van der Waals surface area (Å²) in [6, 6.07) is 1.83. The standard InChI is InChI=1S/C16H15ClF3NO4/c1-15(8-2-3-8)13(23)12(14(24)21-15)11-7(6-22)4-9(5-10(11)17)25-16(18,19)20/h4-5,8,22-23H,2-3,6H2,1H3,(H,21,24). The van der Waals surface area contributed by atoms with E-state index in [1.807, 2.05) is 0 Å². The normalized spacial score (nSPS) is 23.8. The zero-order valence-corrected chi connectivity index (χ0v) is 13.8. The van der Waals surface area contributed by atoms with E-state index < -0.39 is 30.2 Å². The van der Waals surface area contributed by atoms with Gasteiger partial charge in [0.2, 0.25) is 0 Å². The van der Waals surface area contributed by atoms with E-state index in [2.05, 4.69) is 10.1 Å². The number of amides is 1. The highest BCUT2D eigenvalue weighted by atomic mass is 35.5. The van der Waals surface area contributed by atoms with Crippen molar-refractivity contribution in [2.75, 3.05) is 0 Å². The summed E-state index contributed by atoms with van der Waals surface area (Å²) in [5.74, 6) is -1.35. The van der Waals surface area contributed by atoms with E-state index in [9.17, 15) is 28.2 Å². The SMILES string of the molecule is CC1(C2CC2)NC(=O)C(c2c(Cl)cc(OC(F)(F)F)cc2CO)=C1O. The van der Waals surface area contributed by atoms with Crippen molar-refractivity contribution in [3.05, 3.63) is 34.0 Å². The molecule has 0 bridgehead atoms. The fraction of sp³-hybridized carbons (Fsp3) is 0.438. The van der Waals surface area contributed by atoms with Crippen LogP contribution in [0.5, 0.6) is 5.75 Å². The lowest BCUT2D eigenvalue weighted by atomic mass is 9.91. The molecule has 9 heteroatoms. The largest absolute Gasteiger partial charge is 0.573 e. The first-order valence-electron chi connectivity index (χ1n) is 7.52. The molecule has 3 N–H and O–H groups in total. The van der Waals surface area contributed by atoms with Crippen molar-refractivity contribution in [2.45, 2.75) is 38.3 Å². The number of hydrogen-bond acceptors (Lipinski definition) is 4. The summed E-state index contributed by atoms with van der Waals surface area (Å²) in [5, 5.41) is 22.6. The summed E-state index contributed by atoms with van der Waals surface area (Å²) >= 11 is 6.06. The van der Waals surface area contributed by atoms with Gasteiger partial charge in [0.25, 0.3) is 5.91 Å². The Labute approximate surface area is 146 Å². The maximum atomic E-state index is 12.4. The van der Waals surface area contributed by atoms with E-state index in [1.54, 1.807) is 6.92 Å². The monoisotopic (exact) mass is 377 g/mol. The average molecular weight is 378 g/mol. The number of alkyl halides is 3. The fourth-order valence-electron chi connectivity index (χ4n) is 3.15. The summed E-state index contributed by atoms with van der Waals surface area (Å²) in [5.41, 5.74) is -1.13. The third-order valence-electron chi connectivity index (χ3n) is 4.52. The van der Waals surface area contributed by atoms with Crippen LogP contribution in [0.4, 0.5) is 13.2 Å². The lowest BCUT2D eigenvalue weighted by Crippen LogP contribution is -2.43. The van der Waals surface area contributed by atoms with Gasteiger partial charge >= 0.3 is 6.36 Å². The van der Waals surface area contributed by atoms with Gasteiger partial charge in [0.1, 0.15) is 11.5 Å². The zero-order valence-electron chi connectivity index (χ0n) is 13.1. The summed E-state index contributed by atoms with van der Waals surface area (Å²) in [6.07, 6.45) is -3.24. The third-order valence-corrected chi connectivity index (χ3v) is 4.82. The van der Waals surface area contributed by atoms with E-state index in [1.165, 1.54) is 0 Å². The van der Waals surface area contributed by atoms with E-state index >= 15 is 0 Å². The lowest BCUT2D eigenvalue weighted by Gasteiger charge is -2.24. The highest BCUT2D eigenvalue weighted by molar-refractivity contribution is 6.36. The molecule has 1 unspecified atom stereocenters. The molecule has 0 saturated heterocycles. The van der Waals surface area contributed by atoms with Gasteiger partial charge in [-0.3, -0.25) is 4.79 Å². The van der Waals surface area contributed by atoms with Gasteiger partial charge in [-0.25, -0.2) is 0 Å². The predicted molar refractivity (Wildman–Crippen MR) is 82.9 cm³/mol. The Bertz CT molecular complexity index is 773. The molecule has 2 aliphatic rings. The van der Waals surface area contributed by atoms with Gasteiger partial charge < -0.3 is 20.3 Å². The minimum absolute atomic E-state index is 0.00179. The van der Waals surface area contributed by atoms with Gasteiger partial charge in [0.05, 0.1) is 22.7 Å². The quantitative estimate of drug-likeness (QED) is 0.752. The summed E-state index contributed by atoms with van der Waals surface area (Å²) in [7, 11) is 0. The van der Waals surface area contributed by atoms with Gasteiger partial charge in [0, 0.05) is 5.56 Å². The Morgan fingerprint density at radius 3 is 2.56 bits per heavy atom. The molecule has 0 radical (unpaired) electrons. The van der Waals surface area contributed by atoms with E-state index in [0.29, 0.717) is 0 Å². The van der Waals surface area contributed by atoms with Crippen LogP contribution in [0.2, 0.25) is 5.02 Å². The van der Waals surface area contributed by atoms with Crippen LogP contribution in [0.3, 0.4) is 0 Å². The van der Waals surface area contributed by atoms with E-state index in [4.69, 9.17) is 11.6 Å². The molecule has 25 heavy (non-hydrogen) atoms. The number of aliphatic hydroxyl groups excluding tert-OH is 2. The van der Waals surface area contributed by atoms with Gasteiger partial charge in [-0.2, -0.15) is 0 Å². The molecule has 1 atom stereocenters. The van der Waals surface area contributed by atoms with Crippen molar-refractivity contribution < 1.29 is 32.9 Å². The first-order valence-corrected chi connectivity index (χ1v) is 7.90. The molecule has 3 rings (SSSR count). The second kappa shape index (κ2) is 5.81. The molecule has 0 aromatic heterocycles. The summed E-state index contributed by atoms with van der Waals surface area (Å²) < 4.78 is 41.0. The molecule has 1 fully saturated rings. The fourth-order valence-corrected chi connectivity index (χ4v) is 3.47. The van der Waals surface area contributed by atoms with E-state index in [0.717, 1.165) is 25.0 Å². The molecule has 1 heterocycles. The van der Waals surface area contributed by atoms with Crippen LogP contribution in [-0.4, -0.2) is 28.0 Å². The Hall–Kier alpha value is -1.93. The number of halogens is 4. The molecule has 1 aromatic carbocycles. The third kappa shape index (κ3) is 3.16. The number of rotatable bonds is 4. The van der Waals surface area contributed by atoms with Gasteiger partial charge in [-0.05, 0) is 43.4 Å². The zero-order chi connectivity index (χ0) is 18.6. The molecular weight excluding hydrogens is 363 g/mol. The van der Waals surface area contributed by atoms with Crippen molar-refractivity contribution in [3.8, 4) is 5.75 Å². The van der Waals surface area contributed by atoms with Crippen molar-refractivity contribution in [3.63, 3.8) is 0 Å². The molecule has 5 nitrogen and oxygen atoms in total. The number of carbonyl (C=O) groups is 1. The molecule has 1 amide bonds. The van der Waals surface area contributed by atoms with Crippen LogP contribution >= 0.6 is 11.6 Å². The molecular formula is C16H15ClF3NO4. The summed E-state index contributed by atoms with van der Waals surface area (Å²) in [6.45, 7) is 0.993. The van der Waals surface area contributed by atoms with Crippen molar-refractivity contribution >= 4 is 23.1 Å². The lowest BCUT2D eigenvalue weighted by molar-refractivity contribution is -0.274. The maximum Gasteiger partial charge on any atom is 0.573 e. The molecule has 1 aliphatic carbocycles. The van der Waals surface area contributed by atoms with Gasteiger partial charge in [-0.15, -0.1) is 13.2 Å². The van der Waals surface area contributed by atoms with Gasteiger partial charge in [-0.1, -0.05) is 11.6 Å². The second-order valence-electron chi connectivity index (χ2n) is 6.30. The topological polar surface area (TPSA) is 78.8 Å². The first kappa shape index (κ1) is 17.9. The highest BCUT2D eigenvalue weighted by Crippen LogP contribution is 2.48. The molecule has 1 aliphatic heterocycles. The minimum Gasteiger partial charge on any atom is -0.509 e. The number of benzene rings is 1. The second-order valence-corrected chi connectivity index (χ2v) is 6.71. The first-order chi connectivity index (χ1) is 11.6. The van der Waals surface area contributed by atoms with E-state index in [-0.39, 0.29) is 33.4 Å². The average Bonchev–Trinajstić information content (AvgIpc) is 3.29. The molecule has 0 spiro atoms. The Morgan fingerprint density at radius 1 is 1.40 bits per heavy atom. The number of nitrogens with one attached hydrogen (secondary N) is 1. The van der Waals surface area contributed by atoms with Crippen LogP contribution in [-0.2, 0) is 11.4 Å². The highest BCUT2D eigenvalue weighted by Gasteiger charge is 2.52. The molecule has 136 valence electrons. The molecule has 1 aromatic rings. The number of ether oxygens (including phenoxy) is 1. The van der Waals surface area contributed by atoms with Crippen LogP contribution in [0.15, 0.2) is 17.9 Å². The van der Waals surface area contributed by atoms with Crippen molar-refractivity contribution in [1.29, 1.82) is 0 Å². The maximum absolute atomic E-state index is 12.4. The number of aliphatic hydroxyl groups is 2. The Morgan fingerprint density at radius 2 is 2.04 bits per heavy atom. The van der Waals surface area contributed by atoms with Gasteiger partial charge in [0.15, 0.2) is 0 Å². The van der Waals surface area contributed by atoms with Crippen LogP contribution in [0, 0.1) is 5.92 Å². The van der Waals surface area contributed by atoms with Crippen LogP contribution < -0.4 is 10.1 Å². The Kier molecular flexibility index (Phi) is 4.15. The van der Waals surface area contributed by atoms with Crippen molar-refractivity contribution in [1.82, 2.24) is 5.32 Å². The smallest absolute Gasteiger partial charge is 0.509 e. The Balaban J connectivity index is 2.10. The number of carbonyl (C=O) groups excluding carboxylic acids is 1. The summed E-state index contributed by atoms with van der Waals surface area (Å²) in [4.78, 5) is 12.4. The van der Waals surface area contributed by atoms with Crippen molar-refractivity contribution in [2.24, 2.45) is 5.92 Å². The van der Waals surface area contributed by atoms with Crippen LogP contribution in [0.25, 0.3) is 5.57 Å². The number of hydrogen-bond donors (Lipinski definition) is 3.